The molecule has 3 heterocycles. The number of hydrogen-bond acceptors (Lipinski definition) is 3. The van der Waals surface area contributed by atoms with Crippen molar-refractivity contribution in [1.82, 2.24) is 9.55 Å². The molecule has 1 saturated heterocycles. The summed E-state index contributed by atoms with van der Waals surface area (Å²) < 4.78 is 2.42. The first kappa shape index (κ1) is 25.6. The number of amides is 2. The van der Waals surface area contributed by atoms with Crippen LogP contribution in [0.5, 0.6) is 0 Å². The molecule has 2 N–H and O–H groups in total. The molecule has 0 unspecified atom stereocenters. The Kier molecular flexibility index (Phi) is 7.19. The van der Waals surface area contributed by atoms with Gasteiger partial charge in [0.25, 0.3) is 0 Å². The quantitative estimate of drug-likeness (QED) is 0.374. The molecule has 1 aromatic carbocycles. The van der Waals surface area contributed by atoms with Crippen molar-refractivity contribution >= 4 is 28.4 Å². The summed E-state index contributed by atoms with van der Waals surface area (Å²) in [7, 11) is 0. The molecule has 6 nitrogen and oxygen atoms in total. The third-order valence-corrected chi connectivity index (χ3v) is 8.62. The maximum atomic E-state index is 13.2. The Bertz CT molecular complexity index is 1220. The number of piperidine rings is 1. The number of pyridine rings is 1. The summed E-state index contributed by atoms with van der Waals surface area (Å²) in [4.78, 5) is 22.6. The average molecular weight is 502 g/mol. The second kappa shape index (κ2) is 10.4. The molecule has 0 bridgehead atoms. The Hall–Kier alpha value is -3.02. The van der Waals surface area contributed by atoms with E-state index in [2.05, 4.69) is 67.6 Å². The monoisotopic (exact) mass is 501 g/mol. The summed E-state index contributed by atoms with van der Waals surface area (Å²) in [5.41, 5.74) is 11.6. The first-order valence-corrected chi connectivity index (χ1v) is 14.2. The molecule has 1 aliphatic carbocycles. The lowest BCUT2D eigenvalue weighted by atomic mass is 9.90. The number of urea groups is 1. The minimum atomic E-state index is -0.373. The lowest BCUT2D eigenvalue weighted by Crippen LogP contribution is -2.48. The minimum Gasteiger partial charge on any atom is -0.370 e. The lowest BCUT2D eigenvalue weighted by Gasteiger charge is -2.38. The molecule has 1 aliphatic heterocycles. The number of aromatic nitrogens is 2. The van der Waals surface area contributed by atoms with E-state index in [0.717, 1.165) is 50.1 Å². The zero-order valence-corrected chi connectivity index (χ0v) is 23.0. The number of anilines is 2. The fourth-order valence-corrected chi connectivity index (χ4v) is 6.68. The first-order valence-electron chi connectivity index (χ1n) is 14.2. The molecule has 2 fully saturated rings. The Morgan fingerprint density at radius 3 is 2.22 bits per heavy atom. The van der Waals surface area contributed by atoms with Crippen LogP contribution in [0.3, 0.4) is 0 Å². The van der Waals surface area contributed by atoms with Gasteiger partial charge in [-0.2, -0.15) is 0 Å². The van der Waals surface area contributed by atoms with E-state index < -0.39 is 0 Å². The molecule has 198 valence electrons. The van der Waals surface area contributed by atoms with Gasteiger partial charge in [-0.05, 0) is 67.2 Å². The highest BCUT2D eigenvalue weighted by atomic mass is 16.2. The van der Waals surface area contributed by atoms with Crippen LogP contribution >= 0.6 is 0 Å². The molecule has 0 spiro atoms. The zero-order chi connectivity index (χ0) is 26.2. The van der Waals surface area contributed by atoms with Crippen molar-refractivity contribution in [2.45, 2.75) is 90.0 Å². The number of benzene rings is 1. The van der Waals surface area contributed by atoms with Crippen LogP contribution in [-0.4, -0.2) is 35.2 Å². The smallest absolute Gasteiger partial charge is 0.319 e. The van der Waals surface area contributed by atoms with Crippen LogP contribution < -0.4 is 15.5 Å². The minimum absolute atomic E-state index is 0.242. The number of hydrogen-bond donors (Lipinski definition) is 1. The number of para-hydroxylation sites is 1. The van der Waals surface area contributed by atoms with Gasteiger partial charge < -0.3 is 15.2 Å². The predicted molar refractivity (Wildman–Crippen MR) is 154 cm³/mol. The molecule has 2 amide bonds. The van der Waals surface area contributed by atoms with Gasteiger partial charge in [0.2, 0.25) is 0 Å². The van der Waals surface area contributed by atoms with Crippen molar-refractivity contribution in [1.29, 1.82) is 0 Å². The number of carbonyl (C=O) groups excluding carboxylic acids is 1. The van der Waals surface area contributed by atoms with Crippen molar-refractivity contribution in [3.05, 3.63) is 53.9 Å². The number of primary amides is 1. The van der Waals surface area contributed by atoms with E-state index in [9.17, 15) is 4.79 Å². The van der Waals surface area contributed by atoms with Crippen LogP contribution in [0.2, 0.25) is 0 Å². The van der Waals surface area contributed by atoms with Gasteiger partial charge in [0.05, 0.1) is 23.5 Å². The topological polar surface area (TPSA) is 67.4 Å². The lowest BCUT2D eigenvalue weighted by molar-refractivity contribution is 0.245. The van der Waals surface area contributed by atoms with Gasteiger partial charge in [0.15, 0.2) is 0 Å². The van der Waals surface area contributed by atoms with Crippen LogP contribution in [0.15, 0.2) is 42.7 Å². The Morgan fingerprint density at radius 1 is 0.973 bits per heavy atom. The number of fused-ring (bicyclic) bond motifs is 1. The summed E-state index contributed by atoms with van der Waals surface area (Å²) in [5, 5.41) is 1.21. The third kappa shape index (κ3) is 4.71. The van der Waals surface area contributed by atoms with Gasteiger partial charge >= 0.3 is 6.03 Å². The Labute approximate surface area is 221 Å². The van der Waals surface area contributed by atoms with E-state index >= 15 is 0 Å². The van der Waals surface area contributed by atoms with Gasteiger partial charge in [-0.1, -0.05) is 58.7 Å². The van der Waals surface area contributed by atoms with E-state index in [4.69, 9.17) is 10.7 Å². The fourth-order valence-electron chi connectivity index (χ4n) is 6.68. The van der Waals surface area contributed by atoms with E-state index in [1.165, 1.54) is 41.5 Å². The molecule has 0 radical (unpaired) electrons. The van der Waals surface area contributed by atoms with E-state index in [1.807, 2.05) is 17.2 Å². The molecule has 1 saturated carbocycles. The molecule has 0 atom stereocenters. The second-order valence-corrected chi connectivity index (χ2v) is 11.8. The summed E-state index contributed by atoms with van der Waals surface area (Å²) in [6, 6.07) is 10.3. The predicted octanol–water partition coefficient (Wildman–Crippen LogP) is 7.13. The Morgan fingerprint density at radius 2 is 1.62 bits per heavy atom. The molecular formula is C31H43N5O. The molecule has 2 aliphatic rings. The molecule has 6 heteroatoms. The van der Waals surface area contributed by atoms with Crippen molar-refractivity contribution in [2.75, 3.05) is 29.4 Å². The van der Waals surface area contributed by atoms with Crippen molar-refractivity contribution in [2.24, 2.45) is 5.73 Å². The zero-order valence-electron chi connectivity index (χ0n) is 23.0. The van der Waals surface area contributed by atoms with Gasteiger partial charge in [-0.3, -0.25) is 4.90 Å². The maximum Gasteiger partial charge on any atom is 0.319 e. The van der Waals surface area contributed by atoms with Crippen molar-refractivity contribution in [3.8, 4) is 0 Å². The first-order chi connectivity index (χ1) is 17.8. The number of nitrogens with zero attached hydrogens (tertiary/aromatic N) is 4. The van der Waals surface area contributed by atoms with Gasteiger partial charge in [-0.25, -0.2) is 9.78 Å². The van der Waals surface area contributed by atoms with E-state index in [0.29, 0.717) is 6.54 Å². The van der Waals surface area contributed by atoms with Gasteiger partial charge in [-0.15, -0.1) is 0 Å². The highest BCUT2D eigenvalue weighted by Gasteiger charge is 2.41. The SMILES string of the molecule is CC(C)c1cccc(C(C)C)c1N(CC1(n2cc(N3CCCCC3)c3cccnc32)CCCC1)C(N)=O. The molecule has 5 rings (SSSR count). The largest absolute Gasteiger partial charge is 0.370 e. The van der Waals surface area contributed by atoms with Crippen LogP contribution in [-0.2, 0) is 5.54 Å². The second-order valence-electron chi connectivity index (χ2n) is 11.8. The summed E-state index contributed by atoms with van der Waals surface area (Å²) in [5.74, 6) is 0.574. The molecular weight excluding hydrogens is 458 g/mol. The van der Waals surface area contributed by atoms with Crippen LogP contribution in [0.25, 0.3) is 11.0 Å². The van der Waals surface area contributed by atoms with Gasteiger partial charge in [0.1, 0.15) is 5.65 Å². The third-order valence-electron chi connectivity index (χ3n) is 8.62. The molecule has 2 aromatic heterocycles. The van der Waals surface area contributed by atoms with Crippen LogP contribution in [0.4, 0.5) is 16.2 Å². The highest BCUT2D eigenvalue weighted by molar-refractivity contribution is 5.94. The number of rotatable bonds is 7. The molecule has 37 heavy (non-hydrogen) atoms. The summed E-state index contributed by atoms with van der Waals surface area (Å²) >= 11 is 0. The average Bonchev–Trinajstić information content (AvgIpc) is 3.53. The number of nitrogens with two attached hydrogens (primary N) is 1. The molecule has 3 aromatic rings. The van der Waals surface area contributed by atoms with Crippen LogP contribution in [0, 0.1) is 0 Å². The maximum absolute atomic E-state index is 13.2. The Balaban J connectivity index is 1.65. The van der Waals surface area contributed by atoms with Crippen molar-refractivity contribution < 1.29 is 4.79 Å². The summed E-state index contributed by atoms with van der Waals surface area (Å²) in [6.45, 7) is 11.5. The van der Waals surface area contributed by atoms with E-state index in [1.54, 1.807) is 0 Å². The number of carbonyl (C=O) groups is 1. The highest BCUT2D eigenvalue weighted by Crippen LogP contribution is 2.44. The van der Waals surface area contributed by atoms with Crippen molar-refractivity contribution in [3.63, 3.8) is 0 Å². The normalized spacial score (nSPS) is 17.7. The standard InChI is InChI=1S/C31H43N5O/c1-22(2)24-12-10-13-25(23(3)4)28(24)35(30(32)37)21-31(15-6-7-16-31)36-20-27(34-18-8-5-9-19-34)26-14-11-17-33-29(26)36/h10-14,17,20,22-23H,5-9,15-16,18-19,21H2,1-4H3,(H2,32,37). The van der Waals surface area contributed by atoms with E-state index in [-0.39, 0.29) is 23.4 Å². The van der Waals surface area contributed by atoms with Crippen LogP contribution in [0.1, 0.15) is 95.6 Å². The van der Waals surface area contributed by atoms with Gasteiger partial charge in [0, 0.05) is 30.9 Å². The summed E-state index contributed by atoms with van der Waals surface area (Å²) in [6.07, 6.45) is 12.3. The fraction of sp³-hybridized carbons (Fsp3) is 0.548.